The molecule has 0 spiro atoms. The van der Waals surface area contributed by atoms with Crippen molar-refractivity contribution in [3.63, 3.8) is 0 Å². The monoisotopic (exact) mass is 530 g/mol. The second-order valence-electron chi connectivity index (χ2n) is 9.52. The van der Waals surface area contributed by atoms with E-state index in [0.29, 0.717) is 11.1 Å². The molecule has 5 unspecified atom stereocenters. The first kappa shape index (κ1) is 25.9. The van der Waals surface area contributed by atoms with Gasteiger partial charge in [0.05, 0.1) is 29.8 Å². The highest BCUT2D eigenvalue weighted by Gasteiger charge is 2.53. The number of rotatable bonds is 6. The largest absolute Gasteiger partial charge is 0.508 e. The predicted octanol–water partition coefficient (Wildman–Crippen LogP) is 4.58. The summed E-state index contributed by atoms with van der Waals surface area (Å²) in [5.74, 6) is -4.00. The van der Waals surface area contributed by atoms with E-state index >= 15 is 0 Å². The third-order valence-electron chi connectivity index (χ3n) is 7.07. The lowest BCUT2D eigenvalue weighted by molar-refractivity contribution is 0.00365. The van der Waals surface area contributed by atoms with E-state index in [4.69, 9.17) is 4.74 Å². The van der Waals surface area contributed by atoms with Crippen molar-refractivity contribution in [2.24, 2.45) is 11.8 Å². The summed E-state index contributed by atoms with van der Waals surface area (Å²) < 4.78 is 6.41. The molecule has 4 aromatic carbocycles. The highest BCUT2D eigenvalue weighted by atomic mass is 16.5. The molecule has 0 radical (unpaired) electrons. The van der Waals surface area contributed by atoms with Gasteiger partial charge in [-0.3, -0.25) is 4.79 Å². The van der Waals surface area contributed by atoms with E-state index < -0.39 is 41.7 Å². The van der Waals surface area contributed by atoms with Crippen molar-refractivity contribution in [2.75, 3.05) is 0 Å². The molecule has 1 aliphatic heterocycles. The van der Waals surface area contributed by atoms with Crippen LogP contribution < -0.4 is 0 Å². The molecule has 9 nitrogen and oxygen atoms in total. The van der Waals surface area contributed by atoms with Crippen LogP contribution in [0.25, 0.3) is 0 Å². The molecule has 5 rings (SSSR count). The lowest BCUT2D eigenvalue weighted by atomic mass is 9.74. The van der Waals surface area contributed by atoms with Crippen LogP contribution in [-0.4, -0.2) is 41.5 Å². The molecule has 39 heavy (non-hydrogen) atoms. The second kappa shape index (κ2) is 10.2. The van der Waals surface area contributed by atoms with Gasteiger partial charge in [0.15, 0.2) is 5.78 Å². The molecule has 1 heterocycles. The average molecular weight is 531 g/mol. The van der Waals surface area contributed by atoms with Gasteiger partial charge in [-0.05, 0) is 59.7 Å². The molecule has 7 N–H and O–H groups in total. The Balaban J connectivity index is 1.70. The van der Waals surface area contributed by atoms with Crippen LogP contribution in [0.5, 0.6) is 34.5 Å². The summed E-state index contributed by atoms with van der Waals surface area (Å²) in [7, 11) is 0. The number of hydrogen-bond acceptors (Lipinski definition) is 9. The summed E-state index contributed by atoms with van der Waals surface area (Å²) >= 11 is 0. The molecule has 0 amide bonds. The fourth-order valence-electron chi connectivity index (χ4n) is 5.20. The van der Waals surface area contributed by atoms with Gasteiger partial charge in [-0.25, -0.2) is 0 Å². The van der Waals surface area contributed by atoms with Crippen molar-refractivity contribution in [2.45, 2.75) is 18.3 Å². The van der Waals surface area contributed by atoms with Gasteiger partial charge >= 0.3 is 0 Å². The zero-order valence-electron chi connectivity index (χ0n) is 20.4. The number of phenols is 6. The number of phenolic OH excluding ortho intramolecular Hbond substituents is 6. The Bertz CT molecular complexity index is 1500. The summed E-state index contributed by atoms with van der Waals surface area (Å²) in [6.45, 7) is 0. The zero-order valence-corrected chi connectivity index (χ0v) is 20.4. The molecule has 4 aromatic rings. The maximum absolute atomic E-state index is 14.1. The number of aliphatic hydroxyl groups excluding tert-OH is 1. The molecule has 0 saturated carbocycles. The van der Waals surface area contributed by atoms with Gasteiger partial charge in [-0.15, -0.1) is 0 Å². The van der Waals surface area contributed by atoms with E-state index in [9.17, 15) is 40.5 Å². The molecule has 1 aliphatic rings. The highest BCUT2D eigenvalue weighted by Crippen LogP contribution is 2.56. The van der Waals surface area contributed by atoms with Crippen LogP contribution in [0.2, 0.25) is 0 Å². The van der Waals surface area contributed by atoms with Crippen LogP contribution in [0.4, 0.5) is 0 Å². The number of benzene rings is 4. The lowest BCUT2D eigenvalue weighted by Gasteiger charge is -2.29. The van der Waals surface area contributed by atoms with E-state index in [1.54, 1.807) is 12.1 Å². The van der Waals surface area contributed by atoms with Gasteiger partial charge in [0.2, 0.25) is 0 Å². The lowest BCUT2D eigenvalue weighted by Crippen LogP contribution is -2.30. The molecule has 0 bridgehead atoms. The van der Waals surface area contributed by atoms with E-state index in [1.165, 1.54) is 60.7 Å². The summed E-state index contributed by atoms with van der Waals surface area (Å²) in [5.41, 5.74) is 0.963. The molecule has 1 fully saturated rings. The number of aromatic hydroxyl groups is 6. The molecule has 1 saturated heterocycles. The summed E-state index contributed by atoms with van der Waals surface area (Å²) in [6, 6.07) is 19.2. The molecule has 0 aromatic heterocycles. The number of ketones is 1. The second-order valence-corrected chi connectivity index (χ2v) is 9.52. The fourth-order valence-corrected chi connectivity index (χ4v) is 5.20. The molecule has 0 aliphatic carbocycles. The number of aliphatic hydroxyl groups is 1. The normalized spacial score (nSPS) is 21.5. The quantitative estimate of drug-likeness (QED) is 0.176. The van der Waals surface area contributed by atoms with Gasteiger partial charge in [0.25, 0.3) is 0 Å². The Hall–Kier alpha value is -4.73. The van der Waals surface area contributed by atoms with Gasteiger partial charge < -0.3 is 40.5 Å². The number of carbonyl (C=O) groups excluding carboxylic acids is 1. The summed E-state index contributed by atoms with van der Waals surface area (Å²) in [6.07, 6.45) is -3.41. The number of hydrogen-bond donors (Lipinski definition) is 7. The third-order valence-corrected chi connectivity index (χ3v) is 7.07. The van der Waals surface area contributed by atoms with E-state index in [-0.39, 0.29) is 39.9 Å². The van der Waals surface area contributed by atoms with Crippen LogP contribution in [0.15, 0.2) is 84.9 Å². The first-order chi connectivity index (χ1) is 18.6. The smallest absolute Gasteiger partial charge is 0.173 e. The molecule has 200 valence electrons. The van der Waals surface area contributed by atoms with Crippen LogP contribution in [-0.2, 0) is 4.74 Å². The number of carbonyl (C=O) groups is 1. The van der Waals surface area contributed by atoms with Crippen molar-refractivity contribution in [3.05, 3.63) is 107 Å². The van der Waals surface area contributed by atoms with Gasteiger partial charge in [-0.1, -0.05) is 24.3 Å². The van der Waals surface area contributed by atoms with Gasteiger partial charge in [-0.2, -0.15) is 0 Å². The molecule has 9 heteroatoms. The van der Waals surface area contributed by atoms with E-state index in [2.05, 4.69) is 0 Å². The molecular formula is C30H26O9. The molecular weight excluding hydrogens is 504 g/mol. The Labute approximate surface area is 223 Å². The Morgan fingerprint density at radius 1 is 0.641 bits per heavy atom. The fraction of sp³-hybridized carbons (Fsp3) is 0.167. The van der Waals surface area contributed by atoms with Crippen molar-refractivity contribution in [1.29, 1.82) is 0 Å². The average Bonchev–Trinajstić information content (AvgIpc) is 3.29. The van der Waals surface area contributed by atoms with Crippen molar-refractivity contribution in [3.8, 4) is 34.5 Å². The van der Waals surface area contributed by atoms with Crippen LogP contribution in [0.3, 0.4) is 0 Å². The maximum Gasteiger partial charge on any atom is 0.173 e. The van der Waals surface area contributed by atoms with Crippen molar-refractivity contribution < 1.29 is 45.3 Å². The highest BCUT2D eigenvalue weighted by molar-refractivity contribution is 6.01. The first-order valence-corrected chi connectivity index (χ1v) is 12.1. The van der Waals surface area contributed by atoms with Gasteiger partial charge in [0.1, 0.15) is 34.5 Å². The minimum Gasteiger partial charge on any atom is -0.508 e. The van der Waals surface area contributed by atoms with E-state index in [1.807, 2.05) is 0 Å². The Morgan fingerprint density at radius 3 is 1.77 bits per heavy atom. The number of Topliss-reactive ketones (excluding diaryl/α,β-unsaturated/α-hetero) is 1. The number of ether oxygens (including phenoxy) is 1. The third kappa shape index (κ3) is 4.93. The van der Waals surface area contributed by atoms with E-state index in [0.717, 1.165) is 12.1 Å². The Kier molecular flexibility index (Phi) is 6.78. The maximum atomic E-state index is 14.1. The standard InChI is InChI=1S/C30H26O9/c31-17-5-1-15(2-6-17)27(37)25-26(28(38)21-11-9-19(33)13-23(21)35)29(16-3-7-18(32)8-4-16)39-30(25)22-12-10-20(34)14-24(22)36/h1-14,25-27,29-37H. The minimum atomic E-state index is -1.35. The van der Waals surface area contributed by atoms with Gasteiger partial charge in [0, 0.05) is 23.6 Å². The summed E-state index contributed by atoms with van der Waals surface area (Å²) in [4.78, 5) is 14.1. The first-order valence-electron chi connectivity index (χ1n) is 12.1. The van der Waals surface area contributed by atoms with Crippen molar-refractivity contribution >= 4 is 5.78 Å². The van der Waals surface area contributed by atoms with Crippen molar-refractivity contribution in [1.82, 2.24) is 0 Å². The summed E-state index contributed by atoms with van der Waals surface area (Å²) in [5, 5.41) is 72.2. The SMILES string of the molecule is O=C(c1ccc(O)cc1O)C1C(c2ccc(O)cc2)OC(c2ccc(O)cc2O)C1C(O)c1ccc(O)cc1. The van der Waals surface area contributed by atoms with Crippen LogP contribution in [0.1, 0.15) is 45.4 Å². The predicted molar refractivity (Wildman–Crippen MR) is 139 cm³/mol. The zero-order chi connectivity index (χ0) is 27.8. The van der Waals surface area contributed by atoms with Crippen LogP contribution >= 0.6 is 0 Å². The molecule has 5 atom stereocenters. The Morgan fingerprint density at radius 2 is 1.18 bits per heavy atom. The minimum absolute atomic E-state index is 0.00999. The van der Waals surface area contributed by atoms with Crippen LogP contribution in [0, 0.1) is 11.8 Å². The topological polar surface area (TPSA) is 168 Å².